The van der Waals surface area contributed by atoms with E-state index in [1.807, 2.05) is 0 Å². The van der Waals surface area contributed by atoms with Gasteiger partial charge in [-0.05, 0) is 12.3 Å². The molecule has 116 valence electrons. The summed E-state index contributed by atoms with van der Waals surface area (Å²) in [5.41, 5.74) is 0. The lowest BCUT2D eigenvalue weighted by atomic mass is 10.1. The van der Waals surface area contributed by atoms with Gasteiger partial charge in [-0.2, -0.15) is 0 Å². The van der Waals surface area contributed by atoms with Crippen LogP contribution in [0.4, 0.5) is 0 Å². The zero-order valence-electron chi connectivity index (χ0n) is 13.9. The predicted octanol–water partition coefficient (Wildman–Crippen LogP) is 6.36. The average molecular weight is 271 g/mol. The maximum Gasteiger partial charge on any atom is 0.0488 e. The minimum Gasteiger partial charge on any atom is -0.381 e. The van der Waals surface area contributed by atoms with Gasteiger partial charge in [-0.15, -0.1) is 0 Å². The smallest absolute Gasteiger partial charge is 0.0488 e. The first-order valence-corrected chi connectivity index (χ1v) is 8.85. The summed E-state index contributed by atoms with van der Waals surface area (Å²) in [4.78, 5) is 0. The standard InChI is InChI=1S/C18H38O/c1-4-5-6-7-8-9-10-11-12-13-14-15-16-19-17-18(2)3/h18H,4-17H2,1-3H3. The van der Waals surface area contributed by atoms with Crippen LogP contribution in [0, 0.1) is 5.92 Å². The van der Waals surface area contributed by atoms with E-state index in [0.717, 1.165) is 13.2 Å². The summed E-state index contributed by atoms with van der Waals surface area (Å²) in [6.07, 6.45) is 17.0. The van der Waals surface area contributed by atoms with Gasteiger partial charge in [-0.25, -0.2) is 0 Å². The molecule has 0 fully saturated rings. The molecule has 0 heterocycles. The van der Waals surface area contributed by atoms with Crippen molar-refractivity contribution >= 4 is 0 Å². The average Bonchev–Trinajstić information content (AvgIpc) is 2.39. The minimum atomic E-state index is 0.678. The molecule has 0 aromatic heterocycles. The van der Waals surface area contributed by atoms with Crippen LogP contribution in [0.25, 0.3) is 0 Å². The Morgan fingerprint density at radius 1 is 0.632 bits per heavy atom. The van der Waals surface area contributed by atoms with Crippen LogP contribution in [-0.4, -0.2) is 13.2 Å². The van der Waals surface area contributed by atoms with E-state index in [2.05, 4.69) is 20.8 Å². The van der Waals surface area contributed by atoms with Crippen molar-refractivity contribution in [2.24, 2.45) is 5.92 Å². The molecule has 0 unspecified atom stereocenters. The van der Waals surface area contributed by atoms with E-state index < -0.39 is 0 Å². The monoisotopic (exact) mass is 270 g/mol. The van der Waals surface area contributed by atoms with Crippen LogP contribution in [0.2, 0.25) is 0 Å². The van der Waals surface area contributed by atoms with Crippen LogP contribution in [0.15, 0.2) is 0 Å². The highest BCUT2D eigenvalue weighted by Crippen LogP contribution is 2.11. The summed E-state index contributed by atoms with van der Waals surface area (Å²) in [7, 11) is 0. The lowest BCUT2D eigenvalue weighted by molar-refractivity contribution is 0.106. The van der Waals surface area contributed by atoms with E-state index in [4.69, 9.17) is 4.74 Å². The first-order valence-electron chi connectivity index (χ1n) is 8.85. The van der Waals surface area contributed by atoms with Gasteiger partial charge in [0.2, 0.25) is 0 Å². The molecule has 0 bridgehead atoms. The van der Waals surface area contributed by atoms with E-state index in [0.29, 0.717) is 5.92 Å². The third-order valence-electron chi connectivity index (χ3n) is 3.59. The lowest BCUT2D eigenvalue weighted by Crippen LogP contribution is -2.02. The third kappa shape index (κ3) is 18.0. The number of hydrogen-bond acceptors (Lipinski definition) is 1. The summed E-state index contributed by atoms with van der Waals surface area (Å²) < 4.78 is 5.59. The predicted molar refractivity (Wildman–Crippen MR) is 86.7 cm³/mol. The van der Waals surface area contributed by atoms with Crippen LogP contribution < -0.4 is 0 Å². The lowest BCUT2D eigenvalue weighted by Gasteiger charge is -2.06. The van der Waals surface area contributed by atoms with Gasteiger partial charge in [0.15, 0.2) is 0 Å². The van der Waals surface area contributed by atoms with Crippen LogP contribution in [-0.2, 0) is 4.74 Å². The molecule has 0 amide bonds. The van der Waals surface area contributed by atoms with Crippen LogP contribution in [0.3, 0.4) is 0 Å². The number of ether oxygens (including phenoxy) is 1. The van der Waals surface area contributed by atoms with Crippen molar-refractivity contribution < 1.29 is 4.74 Å². The first-order chi connectivity index (χ1) is 9.27. The Labute approximate surface area is 122 Å². The zero-order chi connectivity index (χ0) is 14.2. The molecule has 0 saturated carbocycles. The maximum absolute atomic E-state index is 5.59. The first kappa shape index (κ1) is 19.0. The number of unbranched alkanes of at least 4 members (excludes halogenated alkanes) is 11. The summed E-state index contributed by atoms with van der Waals surface area (Å²) in [5.74, 6) is 0.678. The second-order valence-corrected chi connectivity index (χ2v) is 6.36. The second kappa shape index (κ2) is 16.0. The Hall–Kier alpha value is -0.0400. The molecule has 1 nitrogen and oxygen atoms in total. The highest BCUT2D eigenvalue weighted by atomic mass is 16.5. The summed E-state index contributed by atoms with van der Waals surface area (Å²) in [6, 6.07) is 0. The molecule has 0 N–H and O–H groups in total. The van der Waals surface area contributed by atoms with Gasteiger partial charge in [0, 0.05) is 13.2 Å². The molecule has 0 radical (unpaired) electrons. The molecule has 0 aromatic carbocycles. The Kier molecular flexibility index (Phi) is 16.0. The fraction of sp³-hybridized carbons (Fsp3) is 1.00. The maximum atomic E-state index is 5.59. The fourth-order valence-corrected chi connectivity index (χ4v) is 2.36. The van der Waals surface area contributed by atoms with Gasteiger partial charge in [-0.3, -0.25) is 0 Å². The van der Waals surface area contributed by atoms with Crippen molar-refractivity contribution in [3.63, 3.8) is 0 Å². The van der Waals surface area contributed by atoms with Gasteiger partial charge in [-0.1, -0.05) is 91.4 Å². The van der Waals surface area contributed by atoms with E-state index >= 15 is 0 Å². The van der Waals surface area contributed by atoms with E-state index in [1.54, 1.807) is 0 Å². The molecular weight excluding hydrogens is 232 g/mol. The van der Waals surface area contributed by atoms with Gasteiger partial charge in [0.05, 0.1) is 0 Å². The minimum absolute atomic E-state index is 0.678. The molecule has 0 spiro atoms. The van der Waals surface area contributed by atoms with Crippen molar-refractivity contribution in [3.8, 4) is 0 Å². The second-order valence-electron chi connectivity index (χ2n) is 6.36. The van der Waals surface area contributed by atoms with Gasteiger partial charge in [0.25, 0.3) is 0 Å². The summed E-state index contributed by atoms with van der Waals surface area (Å²) >= 11 is 0. The molecule has 0 aliphatic rings. The van der Waals surface area contributed by atoms with E-state index in [1.165, 1.54) is 77.0 Å². The van der Waals surface area contributed by atoms with Crippen molar-refractivity contribution in [1.82, 2.24) is 0 Å². The van der Waals surface area contributed by atoms with Gasteiger partial charge < -0.3 is 4.74 Å². The van der Waals surface area contributed by atoms with Gasteiger partial charge >= 0.3 is 0 Å². The van der Waals surface area contributed by atoms with Crippen LogP contribution in [0.5, 0.6) is 0 Å². The SMILES string of the molecule is CCCCCCCCCCCCCCOCC(C)C. The Balaban J connectivity index is 2.91. The quantitative estimate of drug-likeness (QED) is 0.315. The highest BCUT2D eigenvalue weighted by molar-refractivity contribution is 4.48. The van der Waals surface area contributed by atoms with Crippen LogP contribution >= 0.6 is 0 Å². The van der Waals surface area contributed by atoms with Crippen molar-refractivity contribution in [1.29, 1.82) is 0 Å². The molecule has 0 aliphatic heterocycles. The molecule has 1 heteroatoms. The zero-order valence-corrected chi connectivity index (χ0v) is 13.9. The van der Waals surface area contributed by atoms with Gasteiger partial charge in [0.1, 0.15) is 0 Å². The molecule has 0 aromatic rings. The summed E-state index contributed by atoms with van der Waals surface area (Å²) in [5, 5.41) is 0. The Bertz CT molecular complexity index is 154. The normalized spacial score (nSPS) is 11.4. The van der Waals surface area contributed by atoms with Crippen molar-refractivity contribution in [3.05, 3.63) is 0 Å². The number of rotatable bonds is 15. The van der Waals surface area contributed by atoms with Crippen molar-refractivity contribution in [2.75, 3.05) is 13.2 Å². The Morgan fingerprint density at radius 2 is 1.05 bits per heavy atom. The molecule has 0 aliphatic carbocycles. The van der Waals surface area contributed by atoms with E-state index in [9.17, 15) is 0 Å². The third-order valence-corrected chi connectivity index (χ3v) is 3.59. The molecule has 0 rings (SSSR count). The molecule has 0 atom stereocenters. The largest absolute Gasteiger partial charge is 0.381 e. The molecule has 19 heavy (non-hydrogen) atoms. The molecule has 0 saturated heterocycles. The van der Waals surface area contributed by atoms with E-state index in [-0.39, 0.29) is 0 Å². The molecular formula is C18H38O. The van der Waals surface area contributed by atoms with Crippen molar-refractivity contribution in [2.45, 2.75) is 97.8 Å². The number of hydrogen-bond donors (Lipinski definition) is 0. The topological polar surface area (TPSA) is 9.23 Å². The fourth-order valence-electron chi connectivity index (χ4n) is 2.36. The van der Waals surface area contributed by atoms with Crippen LogP contribution in [0.1, 0.15) is 97.8 Å². The Morgan fingerprint density at radius 3 is 1.47 bits per heavy atom. The highest BCUT2D eigenvalue weighted by Gasteiger charge is 1.95. The summed E-state index contributed by atoms with van der Waals surface area (Å²) in [6.45, 7) is 8.60.